The fourth-order valence-electron chi connectivity index (χ4n) is 3.20. The van der Waals surface area contributed by atoms with Crippen LogP contribution in [-0.2, 0) is 14.3 Å². The fraction of sp³-hybridized carbons (Fsp3) is 0.765. The standard InChI is InChI=1S/C17H28O4/c1-9(2)8-12-13(17(12,6)7)11(5)16(20)21-14(10(3)4)15(18)19/h8,10-14H,1-7H3,(H,18,19)/t11-,12-,13+,14?/m1/s1. The summed E-state index contributed by atoms with van der Waals surface area (Å²) < 4.78 is 5.22. The number of ether oxygens (including phenoxy) is 1. The highest BCUT2D eigenvalue weighted by molar-refractivity contribution is 5.79. The third-order valence-electron chi connectivity index (χ3n) is 4.51. The number of allylic oxidation sites excluding steroid dienone is 2. The Hall–Kier alpha value is -1.32. The van der Waals surface area contributed by atoms with E-state index in [4.69, 9.17) is 9.84 Å². The summed E-state index contributed by atoms with van der Waals surface area (Å²) in [6, 6.07) is 0. The quantitative estimate of drug-likeness (QED) is 0.602. The molecule has 1 fully saturated rings. The zero-order chi connectivity index (χ0) is 16.5. The third-order valence-corrected chi connectivity index (χ3v) is 4.51. The number of rotatable bonds is 6. The van der Waals surface area contributed by atoms with Crippen molar-refractivity contribution < 1.29 is 19.4 Å². The van der Waals surface area contributed by atoms with E-state index in [0.29, 0.717) is 5.92 Å². The zero-order valence-electron chi connectivity index (χ0n) is 14.1. The lowest BCUT2D eigenvalue weighted by Gasteiger charge is -2.20. The highest BCUT2D eigenvalue weighted by Gasteiger charge is 2.60. The average Bonchev–Trinajstić information content (AvgIpc) is 2.84. The minimum absolute atomic E-state index is 0.0618. The molecule has 0 spiro atoms. The maximum absolute atomic E-state index is 12.3. The van der Waals surface area contributed by atoms with E-state index in [1.807, 2.05) is 20.8 Å². The summed E-state index contributed by atoms with van der Waals surface area (Å²) in [5, 5.41) is 9.12. The molecule has 1 N–H and O–H groups in total. The van der Waals surface area contributed by atoms with E-state index in [0.717, 1.165) is 0 Å². The molecule has 120 valence electrons. The summed E-state index contributed by atoms with van der Waals surface area (Å²) in [4.78, 5) is 23.4. The predicted octanol–water partition coefficient (Wildman–Crippen LogP) is 3.51. The number of carboxylic acid groups (broad SMARTS) is 1. The number of carboxylic acids is 1. The number of hydrogen-bond acceptors (Lipinski definition) is 3. The number of carbonyl (C=O) groups excluding carboxylic acids is 1. The largest absolute Gasteiger partial charge is 0.478 e. The first-order chi connectivity index (χ1) is 9.50. The second-order valence-corrected chi connectivity index (χ2v) is 7.35. The van der Waals surface area contributed by atoms with E-state index >= 15 is 0 Å². The van der Waals surface area contributed by atoms with E-state index in [1.54, 1.807) is 13.8 Å². The molecule has 1 aliphatic carbocycles. The van der Waals surface area contributed by atoms with E-state index in [9.17, 15) is 9.59 Å². The summed E-state index contributed by atoms with van der Waals surface area (Å²) >= 11 is 0. The molecular weight excluding hydrogens is 268 g/mol. The van der Waals surface area contributed by atoms with Crippen molar-refractivity contribution in [3.8, 4) is 0 Å². The minimum atomic E-state index is -1.08. The second kappa shape index (κ2) is 6.20. The fourth-order valence-corrected chi connectivity index (χ4v) is 3.20. The number of hydrogen-bond donors (Lipinski definition) is 1. The smallest absolute Gasteiger partial charge is 0.345 e. The molecule has 0 heterocycles. The van der Waals surface area contributed by atoms with Gasteiger partial charge in [-0.2, -0.15) is 0 Å². The molecule has 4 nitrogen and oxygen atoms in total. The molecule has 4 heteroatoms. The lowest BCUT2D eigenvalue weighted by Crippen LogP contribution is -2.34. The maximum atomic E-state index is 12.3. The highest BCUT2D eigenvalue weighted by Crippen LogP contribution is 2.62. The summed E-state index contributed by atoms with van der Waals surface area (Å²) in [7, 11) is 0. The zero-order valence-corrected chi connectivity index (χ0v) is 14.1. The molecule has 1 aliphatic rings. The van der Waals surface area contributed by atoms with Crippen LogP contribution in [0.25, 0.3) is 0 Å². The van der Waals surface area contributed by atoms with Crippen molar-refractivity contribution in [1.29, 1.82) is 0 Å². The van der Waals surface area contributed by atoms with Crippen LogP contribution in [0.1, 0.15) is 48.5 Å². The first-order valence-corrected chi connectivity index (χ1v) is 7.58. The van der Waals surface area contributed by atoms with Crippen LogP contribution in [-0.4, -0.2) is 23.1 Å². The Kier molecular flexibility index (Phi) is 5.24. The molecule has 0 aromatic heterocycles. The van der Waals surface area contributed by atoms with Crippen LogP contribution < -0.4 is 0 Å². The number of esters is 1. The van der Waals surface area contributed by atoms with E-state index in [-0.39, 0.29) is 23.2 Å². The van der Waals surface area contributed by atoms with Crippen molar-refractivity contribution in [3.63, 3.8) is 0 Å². The molecule has 0 aliphatic heterocycles. The Balaban J connectivity index is 2.76. The van der Waals surface area contributed by atoms with Crippen LogP contribution in [0.5, 0.6) is 0 Å². The minimum Gasteiger partial charge on any atom is -0.478 e. The first kappa shape index (κ1) is 17.7. The van der Waals surface area contributed by atoms with E-state index in [2.05, 4.69) is 19.9 Å². The predicted molar refractivity (Wildman–Crippen MR) is 81.7 cm³/mol. The lowest BCUT2D eigenvalue weighted by molar-refractivity contribution is -0.170. The summed E-state index contributed by atoms with van der Waals surface area (Å²) in [5.74, 6) is -1.45. The molecule has 0 aromatic carbocycles. The Labute approximate surface area is 127 Å². The van der Waals surface area contributed by atoms with Gasteiger partial charge >= 0.3 is 11.9 Å². The van der Waals surface area contributed by atoms with Crippen LogP contribution in [0.15, 0.2) is 11.6 Å². The van der Waals surface area contributed by atoms with Gasteiger partial charge in [-0.15, -0.1) is 0 Å². The van der Waals surface area contributed by atoms with Gasteiger partial charge in [0.1, 0.15) is 0 Å². The van der Waals surface area contributed by atoms with E-state index in [1.165, 1.54) is 5.57 Å². The summed E-state index contributed by atoms with van der Waals surface area (Å²) in [6.45, 7) is 13.7. The van der Waals surface area contributed by atoms with Crippen molar-refractivity contribution in [3.05, 3.63) is 11.6 Å². The molecular formula is C17H28O4. The number of carbonyl (C=O) groups is 2. The van der Waals surface area contributed by atoms with Crippen LogP contribution >= 0.6 is 0 Å². The van der Waals surface area contributed by atoms with Gasteiger partial charge in [0.15, 0.2) is 0 Å². The van der Waals surface area contributed by atoms with Crippen LogP contribution in [0.3, 0.4) is 0 Å². The van der Waals surface area contributed by atoms with Gasteiger partial charge in [-0.05, 0) is 31.1 Å². The Morgan fingerprint density at radius 1 is 1.19 bits per heavy atom. The van der Waals surface area contributed by atoms with Gasteiger partial charge in [-0.3, -0.25) is 4.79 Å². The molecule has 0 amide bonds. The van der Waals surface area contributed by atoms with Gasteiger partial charge in [0.05, 0.1) is 5.92 Å². The molecule has 0 saturated heterocycles. The van der Waals surface area contributed by atoms with Crippen LogP contribution in [0.2, 0.25) is 0 Å². The molecule has 0 radical (unpaired) electrons. The van der Waals surface area contributed by atoms with Gasteiger partial charge in [0.25, 0.3) is 0 Å². The SMILES string of the molecule is CC(C)=C[C@@H]1[C@H]([C@@H](C)C(=O)OC(C(=O)O)C(C)C)C1(C)C. The maximum Gasteiger partial charge on any atom is 0.345 e. The molecule has 0 aromatic rings. The van der Waals surface area contributed by atoms with Crippen molar-refractivity contribution >= 4 is 11.9 Å². The Morgan fingerprint density at radius 2 is 1.71 bits per heavy atom. The molecule has 0 bridgehead atoms. The number of aliphatic carboxylic acids is 1. The van der Waals surface area contributed by atoms with Crippen molar-refractivity contribution in [2.75, 3.05) is 0 Å². The van der Waals surface area contributed by atoms with Gasteiger partial charge in [-0.1, -0.05) is 46.3 Å². The van der Waals surface area contributed by atoms with Gasteiger partial charge in [0.2, 0.25) is 6.10 Å². The topological polar surface area (TPSA) is 63.6 Å². The Bertz CT molecular complexity index is 444. The van der Waals surface area contributed by atoms with Crippen molar-refractivity contribution in [2.45, 2.75) is 54.6 Å². The molecule has 1 saturated carbocycles. The van der Waals surface area contributed by atoms with Crippen LogP contribution in [0, 0.1) is 29.1 Å². The lowest BCUT2D eigenvalue weighted by atomic mass is 9.99. The highest BCUT2D eigenvalue weighted by atomic mass is 16.6. The van der Waals surface area contributed by atoms with Crippen molar-refractivity contribution in [2.24, 2.45) is 29.1 Å². The molecule has 21 heavy (non-hydrogen) atoms. The van der Waals surface area contributed by atoms with Gasteiger partial charge in [0, 0.05) is 5.92 Å². The second-order valence-electron chi connectivity index (χ2n) is 7.35. The van der Waals surface area contributed by atoms with E-state index < -0.39 is 18.0 Å². The van der Waals surface area contributed by atoms with Crippen LogP contribution in [0.4, 0.5) is 0 Å². The summed E-state index contributed by atoms with van der Waals surface area (Å²) in [5.41, 5.74) is 1.30. The molecule has 1 unspecified atom stereocenters. The van der Waals surface area contributed by atoms with Gasteiger partial charge < -0.3 is 9.84 Å². The normalized spacial score (nSPS) is 25.9. The molecule has 4 atom stereocenters. The molecule has 1 rings (SSSR count). The average molecular weight is 296 g/mol. The first-order valence-electron chi connectivity index (χ1n) is 7.58. The third kappa shape index (κ3) is 3.86. The summed E-state index contributed by atoms with van der Waals surface area (Å²) in [6.07, 6.45) is 1.13. The van der Waals surface area contributed by atoms with Gasteiger partial charge in [-0.25, -0.2) is 4.79 Å². The monoisotopic (exact) mass is 296 g/mol. The Morgan fingerprint density at radius 3 is 2.10 bits per heavy atom. The van der Waals surface area contributed by atoms with Crippen molar-refractivity contribution in [1.82, 2.24) is 0 Å².